The summed E-state index contributed by atoms with van der Waals surface area (Å²) < 4.78 is 0. The van der Waals surface area contributed by atoms with Crippen molar-refractivity contribution in [3.8, 4) is 5.75 Å². The van der Waals surface area contributed by atoms with Crippen LogP contribution in [-0.2, 0) is 23.2 Å². The third-order valence-corrected chi connectivity index (χ3v) is 7.63. The first-order valence-corrected chi connectivity index (χ1v) is 10.6. The van der Waals surface area contributed by atoms with Gasteiger partial charge in [0, 0.05) is 37.0 Å². The van der Waals surface area contributed by atoms with E-state index in [1.807, 2.05) is 35.2 Å². The van der Waals surface area contributed by atoms with Gasteiger partial charge in [-0.25, -0.2) is 0 Å². The number of carbonyl (C=O) groups is 2. The molecule has 0 aromatic heterocycles. The average molecular weight is 407 g/mol. The van der Waals surface area contributed by atoms with Gasteiger partial charge in [0.05, 0.1) is 0 Å². The van der Waals surface area contributed by atoms with E-state index in [0.717, 1.165) is 17.5 Å². The average Bonchev–Trinajstić information content (AvgIpc) is 2.70. The Balaban J connectivity index is 1.63. The molecule has 2 amide bonds. The number of amides is 2. The molecule has 158 valence electrons. The molecule has 30 heavy (non-hydrogen) atoms. The first-order chi connectivity index (χ1) is 14.1. The molecule has 2 N–H and O–H groups in total. The summed E-state index contributed by atoms with van der Waals surface area (Å²) in [5.41, 5.74) is 3.61. The van der Waals surface area contributed by atoms with Crippen LogP contribution in [0.15, 0.2) is 42.5 Å². The molecule has 5 nitrogen and oxygen atoms in total. The largest absolute Gasteiger partial charge is 0.508 e. The van der Waals surface area contributed by atoms with Crippen molar-refractivity contribution in [2.24, 2.45) is 5.41 Å². The molecule has 1 aliphatic heterocycles. The van der Waals surface area contributed by atoms with Crippen molar-refractivity contribution < 1.29 is 14.7 Å². The van der Waals surface area contributed by atoms with Crippen LogP contribution in [0.25, 0.3) is 0 Å². The van der Waals surface area contributed by atoms with Crippen molar-refractivity contribution in [1.29, 1.82) is 0 Å². The van der Waals surface area contributed by atoms with Gasteiger partial charge in [0.25, 0.3) is 5.91 Å². The molecule has 2 atom stereocenters. The molecule has 1 fully saturated rings. The van der Waals surface area contributed by atoms with E-state index >= 15 is 0 Å². The van der Waals surface area contributed by atoms with E-state index in [1.165, 1.54) is 12.5 Å². The first kappa shape index (κ1) is 20.5. The molecule has 2 bridgehead atoms. The number of likely N-dealkylation sites (tertiary alicyclic amines) is 1. The molecule has 2 aromatic rings. The monoisotopic (exact) mass is 406 g/mol. The maximum Gasteiger partial charge on any atom is 0.254 e. The Morgan fingerprint density at radius 3 is 2.50 bits per heavy atom. The van der Waals surface area contributed by atoms with Crippen molar-refractivity contribution in [3.63, 3.8) is 0 Å². The lowest BCUT2D eigenvalue weighted by Gasteiger charge is -2.60. The Hall–Kier alpha value is -2.82. The van der Waals surface area contributed by atoms with Crippen LogP contribution < -0.4 is 5.32 Å². The molecule has 2 aliphatic rings. The minimum atomic E-state index is -0.118. The molecule has 1 aliphatic carbocycles. The molecule has 1 unspecified atom stereocenters. The highest BCUT2D eigenvalue weighted by atomic mass is 16.3. The minimum Gasteiger partial charge on any atom is -0.508 e. The Labute approximate surface area is 178 Å². The van der Waals surface area contributed by atoms with Gasteiger partial charge >= 0.3 is 0 Å². The number of fused-ring (bicyclic) bond motifs is 4. The highest BCUT2D eigenvalue weighted by Gasteiger charge is 2.57. The van der Waals surface area contributed by atoms with Crippen molar-refractivity contribution in [1.82, 2.24) is 10.2 Å². The second kappa shape index (κ2) is 7.15. The number of benzene rings is 2. The minimum absolute atomic E-state index is 0.0172. The zero-order valence-corrected chi connectivity index (χ0v) is 18.2. The van der Waals surface area contributed by atoms with Crippen molar-refractivity contribution in [3.05, 3.63) is 64.7 Å². The van der Waals surface area contributed by atoms with Crippen LogP contribution in [0.4, 0.5) is 0 Å². The number of aromatic hydroxyl groups is 1. The summed E-state index contributed by atoms with van der Waals surface area (Å²) in [6.07, 6.45) is 1.52. The van der Waals surface area contributed by atoms with Crippen molar-refractivity contribution in [2.45, 2.75) is 58.5 Å². The van der Waals surface area contributed by atoms with Crippen molar-refractivity contribution in [2.75, 3.05) is 6.54 Å². The van der Waals surface area contributed by atoms with Crippen LogP contribution in [-0.4, -0.2) is 34.4 Å². The molecular formula is C25H30N2O3. The van der Waals surface area contributed by atoms with Gasteiger partial charge < -0.3 is 15.3 Å². The summed E-state index contributed by atoms with van der Waals surface area (Å²) in [5.74, 6) is 0.283. The normalized spacial score (nSPS) is 24.1. The summed E-state index contributed by atoms with van der Waals surface area (Å²) in [4.78, 5) is 26.6. The topological polar surface area (TPSA) is 69.6 Å². The zero-order chi connectivity index (χ0) is 21.7. The molecule has 4 rings (SSSR count). The fraction of sp³-hybridized carbons (Fsp3) is 0.440. The Morgan fingerprint density at radius 2 is 1.83 bits per heavy atom. The highest BCUT2D eigenvalue weighted by molar-refractivity contribution is 5.94. The molecular weight excluding hydrogens is 376 g/mol. The molecule has 5 heteroatoms. The quantitative estimate of drug-likeness (QED) is 0.815. The smallest absolute Gasteiger partial charge is 0.254 e. The van der Waals surface area contributed by atoms with E-state index < -0.39 is 0 Å². The van der Waals surface area contributed by atoms with Gasteiger partial charge in [-0.15, -0.1) is 0 Å². The molecule has 1 heterocycles. The van der Waals surface area contributed by atoms with Crippen molar-refractivity contribution >= 4 is 11.8 Å². The summed E-state index contributed by atoms with van der Waals surface area (Å²) in [6.45, 7) is 9.42. The van der Waals surface area contributed by atoms with Gasteiger partial charge in [0.2, 0.25) is 5.91 Å². The third-order valence-electron chi connectivity index (χ3n) is 7.63. The third kappa shape index (κ3) is 3.08. The second-order valence-corrected chi connectivity index (χ2v) is 9.43. The number of nitrogens with one attached hydrogen (secondary N) is 1. The molecule has 0 radical (unpaired) electrons. The second-order valence-electron chi connectivity index (χ2n) is 9.43. The Kier molecular flexibility index (Phi) is 4.88. The van der Waals surface area contributed by atoms with Gasteiger partial charge in [0.1, 0.15) is 5.75 Å². The number of hydrogen-bond acceptors (Lipinski definition) is 3. The van der Waals surface area contributed by atoms with Gasteiger partial charge in [-0.1, -0.05) is 45.0 Å². The fourth-order valence-corrected chi connectivity index (χ4v) is 5.33. The molecule has 0 spiro atoms. The fourth-order valence-electron chi connectivity index (χ4n) is 5.33. The summed E-state index contributed by atoms with van der Waals surface area (Å²) >= 11 is 0. The molecule has 0 saturated carbocycles. The Bertz CT molecular complexity index is 996. The van der Waals surface area contributed by atoms with E-state index in [1.54, 1.807) is 6.07 Å². The lowest BCUT2D eigenvalue weighted by Crippen LogP contribution is -2.64. The Morgan fingerprint density at radius 1 is 1.13 bits per heavy atom. The zero-order valence-electron chi connectivity index (χ0n) is 18.2. The number of piperidine rings is 1. The summed E-state index contributed by atoms with van der Waals surface area (Å²) in [5, 5.41) is 13.3. The van der Waals surface area contributed by atoms with Crippen LogP contribution in [0.1, 0.15) is 61.2 Å². The predicted octanol–water partition coefficient (Wildman–Crippen LogP) is 3.78. The van der Waals surface area contributed by atoms with Gasteiger partial charge in [-0.05, 0) is 53.1 Å². The number of phenolic OH excluding ortho intramolecular Hbond substituents is 1. The first-order valence-electron chi connectivity index (χ1n) is 10.6. The molecule has 1 saturated heterocycles. The summed E-state index contributed by atoms with van der Waals surface area (Å²) in [7, 11) is 0. The van der Waals surface area contributed by atoms with Gasteiger partial charge in [-0.2, -0.15) is 0 Å². The number of hydrogen-bond donors (Lipinski definition) is 2. The van der Waals surface area contributed by atoms with E-state index in [-0.39, 0.29) is 28.7 Å². The van der Waals surface area contributed by atoms with Crippen LogP contribution >= 0.6 is 0 Å². The number of nitrogens with zero attached hydrogens (tertiary/aromatic N) is 1. The number of phenols is 1. The van der Waals surface area contributed by atoms with E-state index in [9.17, 15) is 14.7 Å². The standard InChI is InChI=1S/C25H30N2O3/c1-16(28)26-15-17-8-10-18(11-9-17)23(30)27-13-12-25(4)20-6-5-7-21(29)19(20)14-22(27)24(25,2)3/h5-11,22,29H,12-15H2,1-4H3,(H,26,28)/t22?,25-/m0/s1. The van der Waals surface area contributed by atoms with Gasteiger partial charge in [-0.3, -0.25) is 9.59 Å². The van der Waals surface area contributed by atoms with Crippen LogP contribution in [0.2, 0.25) is 0 Å². The lowest BCUT2D eigenvalue weighted by molar-refractivity contribution is -0.119. The predicted molar refractivity (Wildman–Crippen MR) is 116 cm³/mol. The van der Waals surface area contributed by atoms with Gasteiger partial charge in [0.15, 0.2) is 0 Å². The maximum absolute atomic E-state index is 13.5. The van der Waals surface area contributed by atoms with E-state index in [4.69, 9.17) is 0 Å². The highest BCUT2D eigenvalue weighted by Crippen LogP contribution is 2.57. The lowest BCUT2D eigenvalue weighted by atomic mass is 9.51. The number of carbonyl (C=O) groups excluding carboxylic acids is 2. The van der Waals surface area contributed by atoms with Crippen LogP contribution in [0.5, 0.6) is 5.75 Å². The SMILES string of the molecule is CC(=O)NCc1ccc(C(=O)N2CC[C@@]3(C)c4cccc(O)c4CC2C3(C)C)cc1. The van der Waals surface area contributed by atoms with Crippen LogP contribution in [0, 0.1) is 5.41 Å². The van der Waals surface area contributed by atoms with E-state index in [0.29, 0.717) is 30.8 Å². The number of rotatable bonds is 3. The summed E-state index contributed by atoms with van der Waals surface area (Å²) in [6, 6.07) is 13.3. The van der Waals surface area contributed by atoms with Crippen LogP contribution in [0.3, 0.4) is 0 Å². The molecule has 2 aromatic carbocycles. The maximum atomic E-state index is 13.5. The van der Waals surface area contributed by atoms with E-state index in [2.05, 4.69) is 32.2 Å².